The van der Waals surface area contributed by atoms with Crippen LogP contribution in [0.4, 0.5) is 5.69 Å². The van der Waals surface area contributed by atoms with Gasteiger partial charge in [0.05, 0.1) is 11.3 Å². The number of hydrogen-bond donors (Lipinski definition) is 1. The van der Waals surface area contributed by atoms with Gasteiger partial charge in [0.2, 0.25) is 5.91 Å². The molecule has 2 amide bonds. The SMILES string of the molecule is Cc1ccc(NC(=O)CSc2ccccc2C(=O)O[C@H](C)C(=O)N2CCC(C)CC2)cc1. The lowest BCUT2D eigenvalue weighted by Crippen LogP contribution is -2.44. The Kier molecular flexibility index (Phi) is 8.33. The van der Waals surface area contributed by atoms with Gasteiger partial charge >= 0.3 is 5.97 Å². The molecule has 1 saturated heterocycles. The highest BCUT2D eigenvalue weighted by Crippen LogP contribution is 2.25. The zero-order chi connectivity index (χ0) is 23.1. The van der Waals surface area contributed by atoms with E-state index in [1.807, 2.05) is 31.2 Å². The number of thioether (sulfide) groups is 1. The summed E-state index contributed by atoms with van der Waals surface area (Å²) in [6.07, 6.45) is 1.09. The molecule has 0 aromatic heterocycles. The first kappa shape index (κ1) is 23.9. The summed E-state index contributed by atoms with van der Waals surface area (Å²) in [6.45, 7) is 7.18. The topological polar surface area (TPSA) is 75.7 Å². The zero-order valence-electron chi connectivity index (χ0n) is 18.8. The molecule has 0 bridgehead atoms. The van der Waals surface area contributed by atoms with Gasteiger partial charge in [-0.25, -0.2) is 4.79 Å². The maximum atomic E-state index is 12.8. The number of carbonyl (C=O) groups is 3. The van der Waals surface area contributed by atoms with E-state index in [9.17, 15) is 14.4 Å². The highest BCUT2D eigenvalue weighted by Gasteiger charge is 2.27. The van der Waals surface area contributed by atoms with E-state index in [0.717, 1.165) is 24.1 Å². The molecule has 1 fully saturated rings. The molecule has 0 spiro atoms. The van der Waals surface area contributed by atoms with Gasteiger partial charge < -0.3 is 15.0 Å². The third-order valence-corrected chi connectivity index (χ3v) is 6.60. The van der Waals surface area contributed by atoms with Crippen LogP contribution in [0.5, 0.6) is 0 Å². The molecular formula is C25H30N2O4S. The number of amides is 2. The van der Waals surface area contributed by atoms with Gasteiger partial charge in [-0.15, -0.1) is 11.8 Å². The van der Waals surface area contributed by atoms with Crippen LogP contribution in [0.2, 0.25) is 0 Å². The smallest absolute Gasteiger partial charge is 0.340 e. The Hall–Kier alpha value is -2.80. The highest BCUT2D eigenvalue weighted by atomic mass is 32.2. The van der Waals surface area contributed by atoms with E-state index < -0.39 is 12.1 Å². The fourth-order valence-corrected chi connectivity index (χ4v) is 4.34. The Labute approximate surface area is 193 Å². The lowest BCUT2D eigenvalue weighted by atomic mass is 9.99. The number of piperidine rings is 1. The molecule has 1 N–H and O–H groups in total. The minimum absolute atomic E-state index is 0.151. The third-order valence-electron chi connectivity index (χ3n) is 5.53. The average molecular weight is 455 g/mol. The van der Waals surface area contributed by atoms with Crippen molar-refractivity contribution in [2.75, 3.05) is 24.2 Å². The van der Waals surface area contributed by atoms with Gasteiger partial charge in [-0.05, 0) is 56.9 Å². The molecule has 2 aromatic carbocycles. The van der Waals surface area contributed by atoms with Crippen molar-refractivity contribution >= 4 is 35.2 Å². The van der Waals surface area contributed by atoms with Crippen molar-refractivity contribution < 1.29 is 19.1 Å². The fraction of sp³-hybridized carbons (Fsp3) is 0.400. The van der Waals surface area contributed by atoms with Crippen molar-refractivity contribution in [3.8, 4) is 0 Å². The molecule has 1 atom stereocenters. The Bertz CT molecular complexity index is 953. The van der Waals surface area contributed by atoms with Crippen LogP contribution in [0.15, 0.2) is 53.4 Å². The van der Waals surface area contributed by atoms with Crippen LogP contribution >= 0.6 is 11.8 Å². The average Bonchev–Trinajstić information content (AvgIpc) is 2.79. The summed E-state index contributed by atoms with van der Waals surface area (Å²) in [5, 5.41) is 2.85. The number of aryl methyl sites for hydroxylation is 1. The molecule has 32 heavy (non-hydrogen) atoms. The number of nitrogens with zero attached hydrogens (tertiary/aromatic N) is 1. The number of anilines is 1. The second-order valence-electron chi connectivity index (χ2n) is 8.25. The van der Waals surface area contributed by atoms with Crippen molar-refractivity contribution in [2.45, 2.75) is 44.6 Å². The fourth-order valence-electron chi connectivity index (χ4n) is 3.50. The number of rotatable bonds is 7. The molecule has 0 radical (unpaired) electrons. The molecule has 0 aliphatic carbocycles. The van der Waals surface area contributed by atoms with Gasteiger partial charge in [0.25, 0.3) is 5.91 Å². The Balaban J connectivity index is 1.56. The van der Waals surface area contributed by atoms with Crippen molar-refractivity contribution in [2.24, 2.45) is 5.92 Å². The molecule has 7 heteroatoms. The Morgan fingerprint density at radius 1 is 1.09 bits per heavy atom. The largest absolute Gasteiger partial charge is 0.449 e. The third kappa shape index (κ3) is 6.60. The van der Waals surface area contributed by atoms with Crippen LogP contribution in [-0.4, -0.2) is 47.6 Å². The maximum absolute atomic E-state index is 12.8. The zero-order valence-corrected chi connectivity index (χ0v) is 19.6. The summed E-state index contributed by atoms with van der Waals surface area (Å²) in [5.74, 6) is -0.112. The van der Waals surface area contributed by atoms with Crippen LogP contribution in [-0.2, 0) is 14.3 Å². The lowest BCUT2D eigenvalue weighted by molar-refractivity contribution is -0.141. The summed E-state index contributed by atoms with van der Waals surface area (Å²) in [5.41, 5.74) is 2.20. The van der Waals surface area contributed by atoms with Gasteiger partial charge in [-0.1, -0.05) is 36.8 Å². The minimum Gasteiger partial charge on any atom is -0.449 e. The van der Waals surface area contributed by atoms with Crippen molar-refractivity contribution in [1.29, 1.82) is 0 Å². The quantitative estimate of drug-likeness (QED) is 0.491. The second kappa shape index (κ2) is 11.2. The van der Waals surface area contributed by atoms with E-state index >= 15 is 0 Å². The molecule has 1 aliphatic rings. The first-order chi connectivity index (χ1) is 15.3. The summed E-state index contributed by atoms with van der Waals surface area (Å²) < 4.78 is 5.49. The summed E-state index contributed by atoms with van der Waals surface area (Å²) >= 11 is 1.26. The van der Waals surface area contributed by atoms with Crippen molar-refractivity contribution in [1.82, 2.24) is 4.90 Å². The molecule has 1 heterocycles. The van der Waals surface area contributed by atoms with Crippen LogP contribution in [0.3, 0.4) is 0 Å². The number of benzene rings is 2. The van der Waals surface area contributed by atoms with E-state index in [1.54, 1.807) is 36.1 Å². The number of carbonyl (C=O) groups excluding carboxylic acids is 3. The molecule has 0 unspecified atom stereocenters. The number of likely N-dealkylation sites (tertiary alicyclic amines) is 1. The van der Waals surface area contributed by atoms with E-state index in [4.69, 9.17) is 4.74 Å². The molecule has 2 aromatic rings. The molecule has 170 valence electrons. The Morgan fingerprint density at radius 2 is 1.75 bits per heavy atom. The summed E-state index contributed by atoms with van der Waals surface area (Å²) in [7, 11) is 0. The number of nitrogens with one attached hydrogen (secondary N) is 1. The Morgan fingerprint density at radius 3 is 2.44 bits per heavy atom. The summed E-state index contributed by atoms with van der Waals surface area (Å²) in [4.78, 5) is 40.2. The number of esters is 1. The lowest BCUT2D eigenvalue weighted by Gasteiger charge is -2.31. The van der Waals surface area contributed by atoms with Gasteiger partial charge in [0.1, 0.15) is 0 Å². The first-order valence-corrected chi connectivity index (χ1v) is 11.9. The maximum Gasteiger partial charge on any atom is 0.340 e. The monoisotopic (exact) mass is 454 g/mol. The highest BCUT2D eigenvalue weighted by molar-refractivity contribution is 8.00. The van der Waals surface area contributed by atoms with Crippen LogP contribution in [0, 0.1) is 12.8 Å². The minimum atomic E-state index is -0.848. The molecule has 1 aliphatic heterocycles. The van der Waals surface area contributed by atoms with E-state index in [0.29, 0.717) is 29.5 Å². The summed E-state index contributed by atoms with van der Waals surface area (Å²) in [6, 6.07) is 14.5. The second-order valence-corrected chi connectivity index (χ2v) is 9.27. The van der Waals surface area contributed by atoms with Gasteiger partial charge in [0.15, 0.2) is 6.10 Å². The van der Waals surface area contributed by atoms with Gasteiger partial charge in [0, 0.05) is 23.7 Å². The van der Waals surface area contributed by atoms with E-state index in [2.05, 4.69) is 12.2 Å². The first-order valence-electron chi connectivity index (χ1n) is 10.9. The number of hydrogen-bond acceptors (Lipinski definition) is 5. The van der Waals surface area contributed by atoms with E-state index in [-0.39, 0.29) is 17.6 Å². The van der Waals surface area contributed by atoms with Crippen molar-refractivity contribution in [3.05, 3.63) is 59.7 Å². The molecule has 6 nitrogen and oxygen atoms in total. The van der Waals surface area contributed by atoms with Crippen LogP contribution in [0.25, 0.3) is 0 Å². The molecular weight excluding hydrogens is 424 g/mol. The normalized spacial score (nSPS) is 15.2. The predicted molar refractivity (Wildman–Crippen MR) is 127 cm³/mol. The number of ether oxygens (including phenoxy) is 1. The standard InChI is InChI=1S/C25H30N2O4S/c1-17-8-10-20(11-9-17)26-23(28)16-32-22-7-5-4-6-21(22)25(30)31-19(3)24(29)27-14-12-18(2)13-15-27/h4-11,18-19H,12-16H2,1-3H3,(H,26,28)/t19-/m1/s1. The molecule has 0 saturated carbocycles. The van der Waals surface area contributed by atoms with E-state index in [1.165, 1.54) is 11.8 Å². The van der Waals surface area contributed by atoms with Gasteiger partial charge in [-0.2, -0.15) is 0 Å². The van der Waals surface area contributed by atoms with Crippen LogP contribution in [0.1, 0.15) is 42.6 Å². The van der Waals surface area contributed by atoms with Crippen LogP contribution < -0.4 is 5.32 Å². The van der Waals surface area contributed by atoms with Gasteiger partial charge in [-0.3, -0.25) is 9.59 Å². The van der Waals surface area contributed by atoms with Crippen molar-refractivity contribution in [3.63, 3.8) is 0 Å². The predicted octanol–water partition coefficient (Wildman–Crippen LogP) is 4.53. The molecule has 3 rings (SSSR count).